The van der Waals surface area contributed by atoms with Crippen LogP contribution in [-0.2, 0) is 0 Å². The molecule has 88 valence electrons. The molecule has 1 saturated carbocycles. The molecule has 1 fully saturated rings. The summed E-state index contributed by atoms with van der Waals surface area (Å²) in [5, 5.41) is 7.15. The second-order valence-electron chi connectivity index (χ2n) is 4.07. The van der Waals surface area contributed by atoms with Gasteiger partial charge in [-0.25, -0.2) is 0 Å². The summed E-state index contributed by atoms with van der Waals surface area (Å²) in [4.78, 5) is 5.55. The van der Waals surface area contributed by atoms with E-state index in [2.05, 4.69) is 33.8 Å². The predicted molar refractivity (Wildman–Crippen MR) is 68.2 cm³/mol. The standard InChI is InChI=1S/C12H13N3OS/c1-17-10-6-2-8(3-7-10)11-14-12(16-15-11)13-9-4-5-9/h2-3,6-7,9H,4-5H2,1H3,(H,13,14,15). The minimum absolute atomic E-state index is 0.524. The van der Waals surface area contributed by atoms with Gasteiger partial charge >= 0.3 is 6.01 Å². The highest BCUT2D eigenvalue weighted by Gasteiger charge is 2.23. The molecule has 0 saturated heterocycles. The lowest BCUT2D eigenvalue weighted by Gasteiger charge is -1.97. The first kappa shape index (κ1) is 10.7. The van der Waals surface area contributed by atoms with Crippen LogP contribution < -0.4 is 5.32 Å². The highest BCUT2D eigenvalue weighted by molar-refractivity contribution is 7.98. The second kappa shape index (κ2) is 4.41. The zero-order chi connectivity index (χ0) is 11.7. The maximum Gasteiger partial charge on any atom is 0.322 e. The highest BCUT2D eigenvalue weighted by atomic mass is 32.2. The third kappa shape index (κ3) is 2.44. The number of anilines is 1. The first-order valence-electron chi connectivity index (χ1n) is 5.60. The van der Waals surface area contributed by atoms with E-state index >= 15 is 0 Å². The summed E-state index contributed by atoms with van der Waals surface area (Å²) < 4.78 is 5.15. The van der Waals surface area contributed by atoms with Crippen LogP contribution in [0.4, 0.5) is 6.01 Å². The minimum atomic E-state index is 0.524. The third-order valence-electron chi connectivity index (χ3n) is 2.68. The Morgan fingerprint density at radius 2 is 2.06 bits per heavy atom. The molecule has 0 radical (unpaired) electrons. The average Bonchev–Trinajstić information content (AvgIpc) is 3.06. The van der Waals surface area contributed by atoms with Crippen molar-refractivity contribution in [1.29, 1.82) is 0 Å². The van der Waals surface area contributed by atoms with E-state index in [9.17, 15) is 0 Å². The first-order chi connectivity index (χ1) is 8.35. The molecule has 0 atom stereocenters. The summed E-state index contributed by atoms with van der Waals surface area (Å²) in [5.41, 5.74) is 0.982. The molecule has 1 aromatic carbocycles. The monoisotopic (exact) mass is 247 g/mol. The molecule has 1 N–H and O–H groups in total. The van der Waals surface area contributed by atoms with Crippen LogP contribution in [0.3, 0.4) is 0 Å². The van der Waals surface area contributed by atoms with E-state index in [1.807, 2.05) is 12.1 Å². The van der Waals surface area contributed by atoms with Crippen molar-refractivity contribution < 1.29 is 4.52 Å². The fourth-order valence-electron chi connectivity index (χ4n) is 1.54. The van der Waals surface area contributed by atoms with Crippen LogP contribution in [0.1, 0.15) is 12.8 Å². The minimum Gasteiger partial charge on any atom is -0.335 e. The quantitative estimate of drug-likeness (QED) is 0.842. The molecule has 0 aliphatic heterocycles. The summed E-state index contributed by atoms with van der Waals surface area (Å²) in [7, 11) is 0. The van der Waals surface area contributed by atoms with Gasteiger partial charge in [0.25, 0.3) is 0 Å². The molecule has 1 aliphatic carbocycles. The normalized spacial score (nSPS) is 14.9. The van der Waals surface area contributed by atoms with E-state index < -0.39 is 0 Å². The van der Waals surface area contributed by atoms with E-state index in [4.69, 9.17) is 4.52 Å². The maximum atomic E-state index is 5.15. The van der Waals surface area contributed by atoms with Crippen molar-refractivity contribution in [2.24, 2.45) is 0 Å². The Hall–Kier alpha value is -1.49. The molecule has 0 unspecified atom stereocenters. The lowest BCUT2D eigenvalue weighted by atomic mass is 10.2. The molecule has 2 aromatic rings. The number of rotatable bonds is 4. The third-order valence-corrected chi connectivity index (χ3v) is 3.42. The number of benzene rings is 1. The van der Waals surface area contributed by atoms with Crippen LogP contribution in [0, 0.1) is 0 Å². The Balaban J connectivity index is 1.79. The molecule has 4 nitrogen and oxygen atoms in total. The number of nitrogens with one attached hydrogen (secondary N) is 1. The van der Waals surface area contributed by atoms with Crippen molar-refractivity contribution in [3.05, 3.63) is 24.3 Å². The van der Waals surface area contributed by atoms with Crippen LogP contribution in [-0.4, -0.2) is 22.4 Å². The maximum absolute atomic E-state index is 5.15. The van der Waals surface area contributed by atoms with Crippen molar-refractivity contribution in [1.82, 2.24) is 10.1 Å². The Morgan fingerprint density at radius 1 is 1.29 bits per heavy atom. The summed E-state index contributed by atoms with van der Waals surface area (Å²) in [6.45, 7) is 0. The summed E-state index contributed by atoms with van der Waals surface area (Å²) >= 11 is 1.72. The summed E-state index contributed by atoms with van der Waals surface area (Å²) in [5.74, 6) is 0.640. The van der Waals surface area contributed by atoms with Gasteiger partial charge in [0, 0.05) is 16.5 Å². The topological polar surface area (TPSA) is 51.0 Å². The van der Waals surface area contributed by atoms with Gasteiger partial charge in [-0.1, -0.05) is 5.16 Å². The van der Waals surface area contributed by atoms with Gasteiger partial charge in [0.05, 0.1) is 0 Å². The van der Waals surface area contributed by atoms with E-state index in [0.29, 0.717) is 17.9 Å². The molecule has 1 heterocycles. The average molecular weight is 247 g/mol. The molecule has 1 aromatic heterocycles. The Morgan fingerprint density at radius 3 is 2.71 bits per heavy atom. The fraction of sp³-hybridized carbons (Fsp3) is 0.333. The van der Waals surface area contributed by atoms with Gasteiger partial charge in [0.1, 0.15) is 0 Å². The van der Waals surface area contributed by atoms with Gasteiger partial charge in [-0.2, -0.15) is 4.98 Å². The zero-order valence-electron chi connectivity index (χ0n) is 9.51. The molecule has 5 heteroatoms. The van der Waals surface area contributed by atoms with Crippen LogP contribution in [0.15, 0.2) is 33.7 Å². The number of aromatic nitrogens is 2. The molecule has 1 aliphatic rings. The Labute approximate surface area is 104 Å². The van der Waals surface area contributed by atoms with Crippen molar-refractivity contribution in [2.75, 3.05) is 11.6 Å². The zero-order valence-corrected chi connectivity index (χ0v) is 10.3. The number of thioether (sulfide) groups is 1. The van der Waals surface area contributed by atoms with Gasteiger partial charge < -0.3 is 9.84 Å². The second-order valence-corrected chi connectivity index (χ2v) is 4.95. The summed E-state index contributed by atoms with van der Waals surface area (Å²) in [6, 6.07) is 9.20. The Kier molecular flexibility index (Phi) is 2.76. The van der Waals surface area contributed by atoms with Crippen LogP contribution in [0.2, 0.25) is 0 Å². The van der Waals surface area contributed by atoms with Gasteiger partial charge in [-0.3, -0.25) is 0 Å². The van der Waals surface area contributed by atoms with Crippen LogP contribution in [0.25, 0.3) is 11.4 Å². The van der Waals surface area contributed by atoms with Gasteiger partial charge in [0.2, 0.25) is 5.82 Å². The van der Waals surface area contributed by atoms with E-state index in [1.165, 1.54) is 17.7 Å². The van der Waals surface area contributed by atoms with Gasteiger partial charge in [-0.05, 0) is 43.4 Å². The largest absolute Gasteiger partial charge is 0.335 e. The van der Waals surface area contributed by atoms with E-state index in [-0.39, 0.29) is 0 Å². The van der Waals surface area contributed by atoms with Crippen LogP contribution >= 0.6 is 11.8 Å². The van der Waals surface area contributed by atoms with Crippen LogP contribution in [0.5, 0.6) is 0 Å². The van der Waals surface area contributed by atoms with E-state index in [1.54, 1.807) is 11.8 Å². The van der Waals surface area contributed by atoms with Gasteiger partial charge in [0.15, 0.2) is 0 Å². The predicted octanol–water partition coefficient (Wildman–Crippen LogP) is 3.03. The first-order valence-corrected chi connectivity index (χ1v) is 6.82. The van der Waals surface area contributed by atoms with Crippen molar-refractivity contribution >= 4 is 17.8 Å². The molecule has 17 heavy (non-hydrogen) atoms. The molecule has 0 amide bonds. The fourth-order valence-corrected chi connectivity index (χ4v) is 1.95. The Bertz CT molecular complexity index is 505. The van der Waals surface area contributed by atoms with Crippen molar-refractivity contribution in [3.63, 3.8) is 0 Å². The number of hydrogen-bond acceptors (Lipinski definition) is 5. The molecular formula is C12H13N3OS. The number of hydrogen-bond donors (Lipinski definition) is 1. The van der Waals surface area contributed by atoms with Gasteiger partial charge in [-0.15, -0.1) is 11.8 Å². The summed E-state index contributed by atoms with van der Waals surface area (Å²) in [6.07, 6.45) is 4.45. The lowest BCUT2D eigenvalue weighted by Crippen LogP contribution is -2.00. The smallest absolute Gasteiger partial charge is 0.322 e. The number of nitrogens with zero attached hydrogens (tertiary/aromatic N) is 2. The molecule has 3 rings (SSSR count). The van der Waals surface area contributed by atoms with E-state index in [0.717, 1.165) is 5.56 Å². The van der Waals surface area contributed by atoms with Crippen molar-refractivity contribution in [3.8, 4) is 11.4 Å². The molecular weight excluding hydrogens is 234 g/mol. The molecule has 0 bridgehead atoms. The highest BCUT2D eigenvalue weighted by Crippen LogP contribution is 2.26. The lowest BCUT2D eigenvalue weighted by molar-refractivity contribution is 0.432. The SMILES string of the molecule is CSc1ccc(-c2noc(NC3CC3)n2)cc1. The molecule has 0 spiro atoms. The van der Waals surface area contributed by atoms with Crippen molar-refractivity contribution in [2.45, 2.75) is 23.8 Å².